The summed E-state index contributed by atoms with van der Waals surface area (Å²) >= 11 is 0. The summed E-state index contributed by atoms with van der Waals surface area (Å²) in [6.45, 7) is 7.11. The lowest BCUT2D eigenvalue weighted by atomic mass is 10.2. The summed E-state index contributed by atoms with van der Waals surface area (Å²) < 4.78 is 15.9. The van der Waals surface area contributed by atoms with Crippen LogP contribution in [0.3, 0.4) is 0 Å². The molecule has 0 fully saturated rings. The van der Waals surface area contributed by atoms with Crippen LogP contribution in [0.15, 0.2) is 18.3 Å². The van der Waals surface area contributed by atoms with Gasteiger partial charge in [-0.15, -0.1) is 0 Å². The van der Waals surface area contributed by atoms with Crippen LogP contribution in [0.1, 0.15) is 24.6 Å². The van der Waals surface area contributed by atoms with E-state index in [0.29, 0.717) is 26.4 Å². The molecule has 0 saturated carbocycles. The smallest absolute Gasteiger partial charge is 0.0889 e. The van der Waals surface area contributed by atoms with Gasteiger partial charge in [-0.3, -0.25) is 4.98 Å². The number of nitrogens with zero attached hydrogens (tertiary/aromatic N) is 1. The largest absolute Gasteiger partial charge is 0.385 e. The fourth-order valence-corrected chi connectivity index (χ4v) is 1.62. The molecular formula is C15H26N2O3. The zero-order valence-corrected chi connectivity index (χ0v) is 12.6. The van der Waals surface area contributed by atoms with E-state index < -0.39 is 0 Å². The molecule has 0 bridgehead atoms. The molecule has 0 amide bonds. The molecule has 5 heteroatoms. The Morgan fingerprint density at radius 2 is 1.95 bits per heavy atom. The lowest BCUT2D eigenvalue weighted by Crippen LogP contribution is -2.12. The summed E-state index contributed by atoms with van der Waals surface area (Å²) in [5, 5.41) is 3.27. The van der Waals surface area contributed by atoms with Crippen molar-refractivity contribution in [3.05, 3.63) is 29.6 Å². The van der Waals surface area contributed by atoms with Crippen LogP contribution in [0.4, 0.5) is 0 Å². The minimum atomic E-state index is 0.531. The van der Waals surface area contributed by atoms with Crippen molar-refractivity contribution in [3.8, 4) is 0 Å². The van der Waals surface area contributed by atoms with Crippen molar-refractivity contribution < 1.29 is 14.2 Å². The Hall–Kier alpha value is -1.01. The van der Waals surface area contributed by atoms with Crippen LogP contribution < -0.4 is 5.32 Å². The van der Waals surface area contributed by atoms with E-state index in [2.05, 4.69) is 23.3 Å². The van der Waals surface area contributed by atoms with Gasteiger partial charge in [-0.25, -0.2) is 0 Å². The number of hydrogen-bond acceptors (Lipinski definition) is 5. The van der Waals surface area contributed by atoms with Gasteiger partial charge < -0.3 is 19.5 Å². The molecule has 1 rings (SSSR count). The molecule has 0 saturated heterocycles. The minimum Gasteiger partial charge on any atom is -0.385 e. The topological polar surface area (TPSA) is 52.6 Å². The number of methoxy groups -OCH3 is 1. The average Bonchev–Trinajstić information content (AvgIpc) is 2.49. The molecule has 1 heterocycles. The highest BCUT2D eigenvalue weighted by Gasteiger charge is 1.97. The SMILES string of the molecule is CCNCc1ccc(COCCOCCCOC)nc1. The lowest BCUT2D eigenvalue weighted by Gasteiger charge is -2.06. The van der Waals surface area contributed by atoms with Crippen molar-refractivity contribution in [2.24, 2.45) is 0 Å². The molecule has 1 N–H and O–H groups in total. The molecule has 20 heavy (non-hydrogen) atoms. The summed E-state index contributed by atoms with van der Waals surface area (Å²) in [7, 11) is 1.69. The van der Waals surface area contributed by atoms with Crippen LogP contribution in [0.2, 0.25) is 0 Å². The van der Waals surface area contributed by atoms with Gasteiger partial charge in [-0.1, -0.05) is 13.0 Å². The number of nitrogens with one attached hydrogen (secondary N) is 1. The maximum absolute atomic E-state index is 5.51. The highest BCUT2D eigenvalue weighted by molar-refractivity contribution is 5.13. The minimum absolute atomic E-state index is 0.531. The molecule has 0 aliphatic heterocycles. The Kier molecular flexibility index (Phi) is 10.0. The van der Waals surface area contributed by atoms with Gasteiger partial charge in [0.15, 0.2) is 0 Å². The quantitative estimate of drug-likeness (QED) is 0.592. The van der Waals surface area contributed by atoms with Gasteiger partial charge in [-0.05, 0) is 24.6 Å². The molecule has 0 spiro atoms. The zero-order valence-electron chi connectivity index (χ0n) is 12.6. The number of hydrogen-bond donors (Lipinski definition) is 1. The number of pyridine rings is 1. The summed E-state index contributed by atoms with van der Waals surface area (Å²) in [6.07, 6.45) is 2.81. The van der Waals surface area contributed by atoms with E-state index in [0.717, 1.165) is 31.8 Å². The van der Waals surface area contributed by atoms with E-state index >= 15 is 0 Å². The monoisotopic (exact) mass is 282 g/mol. The predicted octanol–water partition coefficient (Wildman–Crippen LogP) is 1.76. The second kappa shape index (κ2) is 11.8. The molecule has 0 atom stereocenters. The van der Waals surface area contributed by atoms with E-state index in [1.165, 1.54) is 5.56 Å². The van der Waals surface area contributed by atoms with Gasteiger partial charge in [-0.2, -0.15) is 0 Å². The van der Waals surface area contributed by atoms with Crippen LogP contribution in [-0.2, 0) is 27.4 Å². The molecule has 0 radical (unpaired) electrons. The van der Waals surface area contributed by atoms with Crippen molar-refractivity contribution in [1.29, 1.82) is 0 Å². The first-order chi connectivity index (χ1) is 9.86. The summed E-state index contributed by atoms with van der Waals surface area (Å²) in [5.74, 6) is 0. The summed E-state index contributed by atoms with van der Waals surface area (Å²) in [4.78, 5) is 4.37. The van der Waals surface area contributed by atoms with E-state index in [1.54, 1.807) is 7.11 Å². The predicted molar refractivity (Wildman–Crippen MR) is 78.6 cm³/mol. The van der Waals surface area contributed by atoms with Gasteiger partial charge in [0, 0.05) is 33.1 Å². The van der Waals surface area contributed by atoms with Crippen LogP contribution >= 0.6 is 0 Å². The van der Waals surface area contributed by atoms with E-state index in [9.17, 15) is 0 Å². The van der Waals surface area contributed by atoms with Crippen molar-refractivity contribution in [3.63, 3.8) is 0 Å². The number of rotatable bonds is 12. The molecule has 1 aromatic heterocycles. The average molecular weight is 282 g/mol. The third-order valence-corrected chi connectivity index (χ3v) is 2.72. The molecule has 0 aliphatic rings. The van der Waals surface area contributed by atoms with Gasteiger partial charge in [0.2, 0.25) is 0 Å². The Morgan fingerprint density at radius 3 is 2.65 bits per heavy atom. The van der Waals surface area contributed by atoms with E-state index in [-0.39, 0.29) is 0 Å². The van der Waals surface area contributed by atoms with Crippen LogP contribution in [0.25, 0.3) is 0 Å². The Labute approximate surface area is 121 Å². The number of ether oxygens (including phenoxy) is 3. The molecular weight excluding hydrogens is 256 g/mol. The van der Waals surface area contributed by atoms with E-state index in [4.69, 9.17) is 14.2 Å². The third-order valence-electron chi connectivity index (χ3n) is 2.72. The normalized spacial score (nSPS) is 10.9. The Balaban J connectivity index is 2.04. The van der Waals surface area contributed by atoms with Gasteiger partial charge in [0.05, 0.1) is 25.5 Å². The molecule has 0 aliphatic carbocycles. The molecule has 0 unspecified atom stereocenters. The van der Waals surface area contributed by atoms with Crippen molar-refractivity contribution in [2.45, 2.75) is 26.5 Å². The van der Waals surface area contributed by atoms with E-state index in [1.807, 2.05) is 12.3 Å². The molecule has 5 nitrogen and oxygen atoms in total. The second-order valence-corrected chi connectivity index (χ2v) is 4.45. The first-order valence-corrected chi connectivity index (χ1v) is 7.15. The fourth-order valence-electron chi connectivity index (χ4n) is 1.62. The highest BCUT2D eigenvalue weighted by Crippen LogP contribution is 2.01. The zero-order chi connectivity index (χ0) is 14.5. The van der Waals surface area contributed by atoms with Crippen molar-refractivity contribution in [1.82, 2.24) is 10.3 Å². The van der Waals surface area contributed by atoms with Gasteiger partial charge in [0.25, 0.3) is 0 Å². The van der Waals surface area contributed by atoms with Crippen molar-refractivity contribution >= 4 is 0 Å². The lowest BCUT2D eigenvalue weighted by molar-refractivity contribution is 0.0327. The second-order valence-electron chi connectivity index (χ2n) is 4.45. The van der Waals surface area contributed by atoms with Crippen LogP contribution in [0, 0.1) is 0 Å². The van der Waals surface area contributed by atoms with Crippen molar-refractivity contribution in [2.75, 3.05) is 40.1 Å². The first-order valence-electron chi connectivity index (χ1n) is 7.15. The summed E-state index contributed by atoms with van der Waals surface area (Å²) in [5.41, 5.74) is 2.14. The Bertz CT molecular complexity index is 330. The standard InChI is InChI=1S/C15H26N2O3/c1-3-16-11-14-5-6-15(17-12-14)13-20-10-9-19-8-4-7-18-2/h5-6,12,16H,3-4,7-11,13H2,1-2H3. The van der Waals surface area contributed by atoms with Crippen LogP contribution in [-0.4, -0.2) is 45.1 Å². The van der Waals surface area contributed by atoms with Gasteiger partial charge >= 0.3 is 0 Å². The maximum atomic E-state index is 5.51. The van der Waals surface area contributed by atoms with Crippen LogP contribution in [0.5, 0.6) is 0 Å². The maximum Gasteiger partial charge on any atom is 0.0889 e. The number of aromatic nitrogens is 1. The first kappa shape index (κ1) is 17.0. The molecule has 0 aromatic carbocycles. The molecule has 114 valence electrons. The fraction of sp³-hybridized carbons (Fsp3) is 0.667. The van der Waals surface area contributed by atoms with Gasteiger partial charge in [0.1, 0.15) is 0 Å². The summed E-state index contributed by atoms with van der Waals surface area (Å²) in [6, 6.07) is 4.09. The molecule has 1 aromatic rings. The third kappa shape index (κ3) is 8.22. The Morgan fingerprint density at radius 1 is 1.10 bits per heavy atom. The highest BCUT2D eigenvalue weighted by atomic mass is 16.5.